The Hall–Kier alpha value is -1.04. The van der Waals surface area contributed by atoms with E-state index in [1.807, 2.05) is 18.7 Å². The van der Waals surface area contributed by atoms with Gasteiger partial charge in [-0.15, -0.1) is 0 Å². The highest BCUT2D eigenvalue weighted by Crippen LogP contribution is 2.29. The van der Waals surface area contributed by atoms with Crippen LogP contribution in [0.3, 0.4) is 0 Å². The maximum atomic E-state index is 13.9. The molecule has 0 radical (unpaired) electrons. The second-order valence-corrected chi connectivity index (χ2v) is 5.08. The molecule has 0 aromatic heterocycles. The lowest BCUT2D eigenvalue weighted by molar-refractivity contribution is -0.0662. The van der Waals surface area contributed by atoms with E-state index < -0.39 is 17.7 Å². The van der Waals surface area contributed by atoms with E-state index in [0.29, 0.717) is 13.2 Å². The van der Waals surface area contributed by atoms with Gasteiger partial charge < -0.3 is 10.5 Å². The van der Waals surface area contributed by atoms with Gasteiger partial charge in [-0.05, 0) is 26.0 Å². The van der Waals surface area contributed by atoms with Crippen molar-refractivity contribution >= 4 is 0 Å². The Morgan fingerprint density at radius 1 is 1.37 bits per heavy atom. The first-order valence-electron chi connectivity index (χ1n) is 6.56. The van der Waals surface area contributed by atoms with Crippen molar-refractivity contribution in [3.63, 3.8) is 0 Å². The number of morpholine rings is 1. The molecule has 1 aliphatic heterocycles. The quantitative estimate of drug-likeness (QED) is 0.914. The van der Waals surface area contributed by atoms with Crippen molar-refractivity contribution in [1.82, 2.24) is 4.90 Å². The highest BCUT2D eigenvalue weighted by atomic mass is 19.1. The Bertz CT molecular complexity index is 421. The third kappa shape index (κ3) is 2.94. The molecule has 1 heterocycles. The van der Waals surface area contributed by atoms with E-state index in [0.717, 1.165) is 0 Å². The molecule has 5 heteroatoms. The maximum absolute atomic E-state index is 13.9. The average Bonchev–Trinajstić information content (AvgIpc) is 2.37. The van der Waals surface area contributed by atoms with Crippen LogP contribution in [-0.4, -0.2) is 36.7 Å². The Morgan fingerprint density at radius 3 is 2.58 bits per heavy atom. The van der Waals surface area contributed by atoms with Crippen LogP contribution in [0.25, 0.3) is 0 Å². The van der Waals surface area contributed by atoms with Crippen LogP contribution in [0.15, 0.2) is 18.2 Å². The molecule has 0 saturated carbocycles. The van der Waals surface area contributed by atoms with E-state index in [9.17, 15) is 8.78 Å². The number of rotatable bonds is 3. The smallest absolute Gasteiger partial charge is 0.130 e. The molecule has 106 valence electrons. The lowest BCUT2D eigenvalue weighted by atomic mass is 10.0. The molecule has 0 spiro atoms. The van der Waals surface area contributed by atoms with Gasteiger partial charge in [0.05, 0.1) is 18.8 Å². The molecule has 3 unspecified atom stereocenters. The molecule has 19 heavy (non-hydrogen) atoms. The minimum atomic E-state index is -0.540. The number of hydrogen-bond donors (Lipinski definition) is 1. The first-order chi connectivity index (χ1) is 9.04. The van der Waals surface area contributed by atoms with Crippen molar-refractivity contribution in [2.75, 3.05) is 19.7 Å². The molecule has 2 N–H and O–H groups in total. The Balaban J connectivity index is 2.33. The van der Waals surface area contributed by atoms with Crippen molar-refractivity contribution in [3.05, 3.63) is 35.4 Å². The fourth-order valence-corrected chi connectivity index (χ4v) is 2.61. The largest absolute Gasteiger partial charge is 0.376 e. The summed E-state index contributed by atoms with van der Waals surface area (Å²) in [7, 11) is 0. The summed E-state index contributed by atoms with van der Waals surface area (Å²) in [6.45, 7) is 5.27. The molecule has 0 amide bonds. The van der Waals surface area contributed by atoms with Crippen molar-refractivity contribution in [3.8, 4) is 0 Å². The van der Waals surface area contributed by atoms with E-state index >= 15 is 0 Å². The molecule has 1 aromatic carbocycles. The summed E-state index contributed by atoms with van der Waals surface area (Å²) >= 11 is 0. The summed E-state index contributed by atoms with van der Waals surface area (Å²) in [6.07, 6.45) is 0.0417. The van der Waals surface area contributed by atoms with Gasteiger partial charge in [0.1, 0.15) is 11.6 Å². The zero-order valence-electron chi connectivity index (χ0n) is 11.3. The number of hydrogen-bond acceptors (Lipinski definition) is 3. The Kier molecular flexibility index (Phi) is 4.50. The molecule has 0 bridgehead atoms. The van der Waals surface area contributed by atoms with E-state index in [2.05, 4.69) is 0 Å². The van der Waals surface area contributed by atoms with Crippen LogP contribution in [0.5, 0.6) is 0 Å². The van der Waals surface area contributed by atoms with Crippen LogP contribution < -0.4 is 5.73 Å². The predicted octanol–water partition coefficient (Wildman–Crippen LogP) is 2.07. The van der Waals surface area contributed by atoms with Gasteiger partial charge in [0.25, 0.3) is 0 Å². The Morgan fingerprint density at radius 2 is 2.00 bits per heavy atom. The molecule has 1 saturated heterocycles. The van der Waals surface area contributed by atoms with E-state index in [1.165, 1.54) is 18.2 Å². The second-order valence-electron chi connectivity index (χ2n) is 5.08. The zero-order valence-corrected chi connectivity index (χ0v) is 11.3. The molecular weight excluding hydrogens is 250 g/mol. The van der Waals surface area contributed by atoms with Crippen LogP contribution in [0.1, 0.15) is 25.5 Å². The summed E-state index contributed by atoms with van der Waals surface area (Å²) in [4.78, 5) is 2.02. The summed E-state index contributed by atoms with van der Waals surface area (Å²) in [5, 5.41) is 0. The van der Waals surface area contributed by atoms with Gasteiger partial charge in [0.2, 0.25) is 0 Å². The van der Waals surface area contributed by atoms with Crippen LogP contribution >= 0.6 is 0 Å². The zero-order chi connectivity index (χ0) is 14.0. The topological polar surface area (TPSA) is 38.5 Å². The molecule has 1 aromatic rings. The molecule has 1 aliphatic rings. The molecule has 3 atom stereocenters. The maximum Gasteiger partial charge on any atom is 0.130 e. The van der Waals surface area contributed by atoms with Gasteiger partial charge >= 0.3 is 0 Å². The fourth-order valence-electron chi connectivity index (χ4n) is 2.61. The van der Waals surface area contributed by atoms with Crippen molar-refractivity contribution in [2.45, 2.75) is 32.0 Å². The van der Waals surface area contributed by atoms with Gasteiger partial charge in [0, 0.05) is 24.7 Å². The number of nitrogens with two attached hydrogens (primary N) is 1. The second kappa shape index (κ2) is 5.94. The van der Waals surface area contributed by atoms with Crippen molar-refractivity contribution in [2.24, 2.45) is 5.73 Å². The van der Waals surface area contributed by atoms with Gasteiger partial charge in [0.15, 0.2) is 0 Å². The fraction of sp³-hybridized carbons (Fsp3) is 0.571. The molecular formula is C14H20F2N2O. The van der Waals surface area contributed by atoms with E-state index in [1.54, 1.807) is 0 Å². The molecule has 3 nitrogen and oxygen atoms in total. The number of ether oxygens (including phenoxy) is 1. The van der Waals surface area contributed by atoms with Crippen LogP contribution in [0, 0.1) is 11.6 Å². The van der Waals surface area contributed by atoms with Crippen LogP contribution in [-0.2, 0) is 4.74 Å². The van der Waals surface area contributed by atoms with Gasteiger partial charge in [-0.3, -0.25) is 4.90 Å². The first kappa shape index (κ1) is 14.4. The summed E-state index contributed by atoms with van der Waals surface area (Å²) in [5.41, 5.74) is 5.83. The monoisotopic (exact) mass is 270 g/mol. The summed E-state index contributed by atoms with van der Waals surface area (Å²) in [6, 6.07) is 3.55. The standard InChI is InChI=1S/C14H20F2N2O/c1-9-8-19-10(2)7-18(9)13(6-17)14-11(15)4-3-5-12(14)16/h3-5,9-10,13H,6-8,17H2,1-2H3. The van der Waals surface area contributed by atoms with Crippen LogP contribution in [0.4, 0.5) is 8.78 Å². The minimum absolute atomic E-state index is 0.0417. The van der Waals surface area contributed by atoms with Gasteiger partial charge in [-0.1, -0.05) is 6.07 Å². The molecule has 2 rings (SSSR count). The van der Waals surface area contributed by atoms with E-state index in [4.69, 9.17) is 10.5 Å². The number of benzene rings is 1. The lowest BCUT2D eigenvalue weighted by Crippen LogP contribution is -2.50. The highest BCUT2D eigenvalue weighted by Gasteiger charge is 2.32. The lowest BCUT2D eigenvalue weighted by Gasteiger charge is -2.41. The summed E-state index contributed by atoms with van der Waals surface area (Å²) in [5.74, 6) is -1.08. The normalized spacial score (nSPS) is 26.4. The SMILES string of the molecule is CC1CN(C(CN)c2c(F)cccc2F)C(C)CO1. The van der Waals surface area contributed by atoms with Crippen molar-refractivity contribution < 1.29 is 13.5 Å². The first-order valence-corrected chi connectivity index (χ1v) is 6.56. The molecule has 0 aliphatic carbocycles. The number of nitrogens with zero attached hydrogens (tertiary/aromatic N) is 1. The van der Waals surface area contributed by atoms with Crippen LogP contribution in [0.2, 0.25) is 0 Å². The highest BCUT2D eigenvalue weighted by molar-refractivity contribution is 5.24. The minimum Gasteiger partial charge on any atom is -0.376 e. The molecule has 1 fully saturated rings. The third-order valence-electron chi connectivity index (χ3n) is 3.61. The number of halogens is 2. The third-order valence-corrected chi connectivity index (χ3v) is 3.61. The average molecular weight is 270 g/mol. The summed E-state index contributed by atoms with van der Waals surface area (Å²) < 4.78 is 33.4. The van der Waals surface area contributed by atoms with Crippen molar-refractivity contribution in [1.29, 1.82) is 0 Å². The van der Waals surface area contributed by atoms with Gasteiger partial charge in [-0.2, -0.15) is 0 Å². The predicted molar refractivity (Wildman–Crippen MR) is 69.7 cm³/mol. The van der Waals surface area contributed by atoms with E-state index in [-0.39, 0.29) is 24.3 Å². The Labute approximate surface area is 112 Å². The van der Waals surface area contributed by atoms with Gasteiger partial charge in [-0.25, -0.2) is 8.78 Å².